The van der Waals surface area contributed by atoms with E-state index in [4.69, 9.17) is 10.5 Å². The monoisotopic (exact) mass is 269 g/mol. The molecule has 0 atom stereocenters. The van der Waals surface area contributed by atoms with Gasteiger partial charge in [-0.05, 0) is 37.5 Å². The van der Waals surface area contributed by atoms with Crippen LogP contribution in [0.2, 0.25) is 0 Å². The lowest BCUT2D eigenvalue weighted by Gasteiger charge is -2.16. The van der Waals surface area contributed by atoms with Gasteiger partial charge in [-0.3, -0.25) is 0 Å². The highest BCUT2D eigenvalue weighted by Gasteiger charge is 2.43. The first-order valence-corrected chi connectivity index (χ1v) is 5.97. The molecule has 1 aliphatic carbocycles. The van der Waals surface area contributed by atoms with Gasteiger partial charge in [-0.1, -0.05) is 15.9 Å². The third-order valence-corrected chi connectivity index (χ3v) is 4.20. The Morgan fingerprint density at radius 2 is 2.13 bits per heavy atom. The van der Waals surface area contributed by atoms with Gasteiger partial charge in [0.15, 0.2) is 0 Å². The Balaban J connectivity index is 2.46. The predicted molar refractivity (Wildman–Crippen MR) is 65.4 cm³/mol. The Hall–Kier alpha value is -0.540. The standard InChI is InChI=1S/C12H16BrNO/c1-8-10(13)5-9(6-11(8)15-2)12(7-14)3-4-12/h5-6H,3-4,7,14H2,1-2H3. The lowest BCUT2D eigenvalue weighted by atomic mass is 9.95. The zero-order chi connectivity index (χ0) is 11.1. The summed E-state index contributed by atoms with van der Waals surface area (Å²) in [5.41, 5.74) is 8.50. The van der Waals surface area contributed by atoms with Crippen molar-refractivity contribution < 1.29 is 4.74 Å². The summed E-state index contributed by atoms with van der Waals surface area (Å²) in [6, 6.07) is 4.30. The van der Waals surface area contributed by atoms with Gasteiger partial charge in [0.2, 0.25) is 0 Å². The molecule has 0 amide bonds. The zero-order valence-corrected chi connectivity index (χ0v) is 10.7. The summed E-state index contributed by atoms with van der Waals surface area (Å²) in [6.45, 7) is 2.78. The highest BCUT2D eigenvalue weighted by Crippen LogP contribution is 2.49. The second-order valence-electron chi connectivity index (χ2n) is 4.27. The Kier molecular flexibility index (Phi) is 2.77. The molecule has 0 saturated heterocycles. The first-order chi connectivity index (χ1) is 7.13. The highest BCUT2D eigenvalue weighted by molar-refractivity contribution is 9.10. The zero-order valence-electron chi connectivity index (χ0n) is 9.14. The molecule has 2 nitrogen and oxygen atoms in total. The Bertz CT molecular complexity index is 385. The highest BCUT2D eigenvalue weighted by atomic mass is 79.9. The summed E-state index contributed by atoms with van der Waals surface area (Å²) in [7, 11) is 1.71. The molecular formula is C12H16BrNO. The van der Waals surface area contributed by atoms with Crippen molar-refractivity contribution >= 4 is 15.9 Å². The van der Waals surface area contributed by atoms with E-state index in [-0.39, 0.29) is 5.41 Å². The molecule has 2 rings (SSSR count). The van der Waals surface area contributed by atoms with E-state index in [9.17, 15) is 0 Å². The Morgan fingerprint density at radius 3 is 2.60 bits per heavy atom. The van der Waals surface area contributed by atoms with E-state index < -0.39 is 0 Å². The first kappa shape index (κ1) is 11.0. The topological polar surface area (TPSA) is 35.2 Å². The van der Waals surface area contributed by atoms with E-state index in [1.807, 2.05) is 0 Å². The van der Waals surface area contributed by atoms with Gasteiger partial charge < -0.3 is 10.5 Å². The maximum Gasteiger partial charge on any atom is 0.123 e. The van der Waals surface area contributed by atoms with Crippen molar-refractivity contribution in [1.82, 2.24) is 0 Å². The van der Waals surface area contributed by atoms with E-state index in [0.29, 0.717) is 0 Å². The summed E-state index contributed by atoms with van der Waals surface area (Å²) < 4.78 is 6.47. The molecule has 1 aliphatic rings. The van der Waals surface area contributed by atoms with E-state index >= 15 is 0 Å². The van der Waals surface area contributed by atoms with Crippen molar-refractivity contribution in [3.05, 3.63) is 27.7 Å². The van der Waals surface area contributed by atoms with Crippen LogP contribution in [0.1, 0.15) is 24.0 Å². The molecular weight excluding hydrogens is 254 g/mol. The third kappa shape index (κ3) is 1.79. The fourth-order valence-electron chi connectivity index (χ4n) is 1.93. The second kappa shape index (κ2) is 3.80. The van der Waals surface area contributed by atoms with Crippen LogP contribution in [0, 0.1) is 6.92 Å². The predicted octanol–water partition coefficient (Wildman–Crippen LogP) is 2.76. The minimum absolute atomic E-state index is 0.226. The average Bonchev–Trinajstić information content (AvgIpc) is 3.02. The number of benzene rings is 1. The molecule has 0 heterocycles. The van der Waals surface area contributed by atoms with Crippen LogP contribution in [0.15, 0.2) is 16.6 Å². The number of hydrogen-bond donors (Lipinski definition) is 1. The van der Waals surface area contributed by atoms with Gasteiger partial charge in [0.1, 0.15) is 5.75 Å². The quantitative estimate of drug-likeness (QED) is 0.916. The Labute approximate surface area is 98.9 Å². The second-order valence-corrected chi connectivity index (χ2v) is 5.12. The van der Waals surface area contributed by atoms with Crippen LogP contribution in [0.4, 0.5) is 0 Å². The summed E-state index contributed by atoms with van der Waals surface area (Å²) in [5, 5.41) is 0. The van der Waals surface area contributed by atoms with Gasteiger partial charge in [0.05, 0.1) is 7.11 Å². The number of halogens is 1. The molecule has 0 unspecified atom stereocenters. The summed E-state index contributed by atoms with van der Waals surface area (Å²) in [5.74, 6) is 0.944. The summed E-state index contributed by atoms with van der Waals surface area (Å²) in [6.07, 6.45) is 2.39. The van der Waals surface area contributed by atoms with Crippen LogP contribution in [0.5, 0.6) is 5.75 Å². The van der Waals surface area contributed by atoms with Crippen molar-refractivity contribution in [3.63, 3.8) is 0 Å². The third-order valence-electron chi connectivity index (χ3n) is 3.37. The molecule has 1 fully saturated rings. The van der Waals surface area contributed by atoms with Crippen molar-refractivity contribution in [2.75, 3.05) is 13.7 Å². The van der Waals surface area contributed by atoms with Gasteiger partial charge in [-0.25, -0.2) is 0 Å². The van der Waals surface area contributed by atoms with Gasteiger partial charge in [-0.2, -0.15) is 0 Å². The van der Waals surface area contributed by atoms with Gasteiger partial charge in [-0.15, -0.1) is 0 Å². The molecule has 0 spiro atoms. The van der Waals surface area contributed by atoms with Gasteiger partial charge in [0.25, 0.3) is 0 Å². The minimum Gasteiger partial charge on any atom is -0.496 e. The molecule has 1 aromatic carbocycles. The Morgan fingerprint density at radius 1 is 1.47 bits per heavy atom. The molecule has 15 heavy (non-hydrogen) atoms. The summed E-state index contributed by atoms with van der Waals surface area (Å²) >= 11 is 3.57. The number of nitrogens with two attached hydrogens (primary N) is 1. The van der Waals surface area contributed by atoms with Crippen molar-refractivity contribution in [2.45, 2.75) is 25.2 Å². The van der Waals surface area contributed by atoms with Crippen molar-refractivity contribution in [3.8, 4) is 5.75 Å². The molecule has 1 aromatic rings. The maximum atomic E-state index is 5.82. The fourth-order valence-corrected chi connectivity index (χ4v) is 2.38. The number of methoxy groups -OCH3 is 1. The van der Waals surface area contributed by atoms with Gasteiger partial charge >= 0.3 is 0 Å². The maximum absolute atomic E-state index is 5.82. The van der Waals surface area contributed by atoms with Crippen LogP contribution in [0.3, 0.4) is 0 Å². The smallest absolute Gasteiger partial charge is 0.123 e. The molecule has 3 heteroatoms. The molecule has 0 aromatic heterocycles. The fraction of sp³-hybridized carbons (Fsp3) is 0.500. The molecule has 0 bridgehead atoms. The number of hydrogen-bond acceptors (Lipinski definition) is 2. The van der Waals surface area contributed by atoms with E-state index in [2.05, 4.69) is 35.0 Å². The van der Waals surface area contributed by atoms with Crippen LogP contribution in [-0.4, -0.2) is 13.7 Å². The minimum atomic E-state index is 0.226. The van der Waals surface area contributed by atoms with E-state index in [0.717, 1.165) is 22.3 Å². The van der Waals surface area contributed by atoms with Crippen LogP contribution in [0.25, 0.3) is 0 Å². The normalized spacial score (nSPS) is 17.6. The number of ether oxygens (including phenoxy) is 1. The lowest BCUT2D eigenvalue weighted by molar-refractivity contribution is 0.410. The molecule has 1 saturated carbocycles. The number of rotatable bonds is 3. The molecule has 0 radical (unpaired) electrons. The molecule has 82 valence electrons. The summed E-state index contributed by atoms with van der Waals surface area (Å²) in [4.78, 5) is 0. The first-order valence-electron chi connectivity index (χ1n) is 5.17. The average molecular weight is 270 g/mol. The molecule has 0 aliphatic heterocycles. The lowest BCUT2D eigenvalue weighted by Crippen LogP contribution is -2.19. The van der Waals surface area contributed by atoms with E-state index in [1.165, 1.54) is 18.4 Å². The van der Waals surface area contributed by atoms with Crippen LogP contribution >= 0.6 is 15.9 Å². The largest absolute Gasteiger partial charge is 0.496 e. The van der Waals surface area contributed by atoms with Gasteiger partial charge in [0, 0.05) is 22.0 Å². The van der Waals surface area contributed by atoms with Crippen molar-refractivity contribution in [1.29, 1.82) is 0 Å². The van der Waals surface area contributed by atoms with Crippen LogP contribution < -0.4 is 10.5 Å². The van der Waals surface area contributed by atoms with E-state index in [1.54, 1.807) is 7.11 Å². The molecule has 2 N–H and O–H groups in total. The SMILES string of the molecule is COc1cc(C2(CN)CC2)cc(Br)c1C. The van der Waals surface area contributed by atoms with Crippen LogP contribution in [-0.2, 0) is 5.41 Å². The van der Waals surface area contributed by atoms with Crippen molar-refractivity contribution in [2.24, 2.45) is 5.73 Å².